The Kier molecular flexibility index (Phi) is 4.92. The molecular weight excluding hydrogens is 404 g/mol. The van der Waals surface area contributed by atoms with E-state index in [1.54, 1.807) is 40.9 Å². The topological polar surface area (TPSA) is 118 Å². The molecule has 152 valence electrons. The van der Waals surface area contributed by atoms with Gasteiger partial charge in [0, 0.05) is 30.8 Å². The van der Waals surface area contributed by atoms with Gasteiger partial charge < -0.3 is 10.6 Å². The molecule has 0 spiro atoms. The van der Waals surface area contributed by atoms with Crippen molar-refractivity contribution >= 4 is 33.0 Å². The van der Waals surface area contributed by atoms with E-state index in [-0.39, 0.29) is 16.5 Å². The van der Waals surface area contributed by atoms with E-state index in [1.165, 1.54) is 19.5 Å². The van der Waals surface area contributed by atoms with Gasteiger partial charge in [-0.3, -0.25) is 9.78 Å². The van der Waals surface area contributed by atoms with Gasteiger partial charge in [0.05, 0.1) is 10.6 Å². The summed E-state index contributed by atoms with van der Waals surface area (Å²) < 4.78 is 25.4. The molecule has 1 amide bonds. The number of sulfone groups is 1. The summed E-state index contributed by atoms with van der Waals surface area (Å²) in [7, 11) is -1.80. The van der Waals surface area contributed by atoms with E-state index in [2.05, 4.69) is 25.7 Å². The second kappa shape index (κ2) is 7.56. The molecule has 3 aromatic heterocycles. The first-order chi connectivity index (χ1) is 14.3. The monoisotopic (exact) mass is 422 g/mol. The molecule has 0 radical (unpaired) electrons. The molecule has 0 aliphatic heterocycles. The Hall–Kier alpha value is -3.79. The zero-order chi connectivity index (χ0) is 21.3. The summed E-state index contributed by atoms with van der Waals surface area (Å²) in [4.78, 5) is 20.5. The van der Waals surface area contributed by atoms with Crippen LogP contribution in [0.1, 0.15) is 10.5 Å². The highest BCUT2D eigenvalue weighted by Gasteiger charge is 2.13. The Morgan fingerprint density at radius 1 is 1.07 bits per heavy atom. The minimum absolute atomic E-state index is 0.231. The van der Waals surface area contributed by atoms with E-state index in [0.717, 1.165) is 0 Å². The van der Waals surface area contributed by atoms with E-state index in [0.29, 0.717) is 28.5 Å². The highest BCUT2D eigenvalue weighted by atomic mass is 32.2. The van der Waals surface area contributed by atoms with Crippen LogP contribution < -0.4 is 10.6 Å². The maximum atomic E-state index is 11.9. The molecule has 0 bridgehead atoms. The lowest BCUT2D eigenvalue weighted by molar-refractivity contribution is 0.0958. The second-order valence-corrected chi connectivity index (χ2v) is 8.57. The van der Waals surface area contributed by atoms with Gasteiger partial charge in [-0.1, -0.05) is 18.2 Å². The summed E-state index contributed by atoms with van der Waals surface area (Å²) in [6.07, 6.45) is 2.69. The molecule has 30 heavy (non-hydrogen) atoms. The third-order valence-corrected chi connectivity index (χ3v) is 5.50. The van der Waals surface area contributed by atoms with Crippen molar-refractivity contribution in [3.63, 3.8) is 0 Å². The van der Waals surface area contributed by atoms with Gasteiger partial charge >= 0.3 is 0 Å². The molecule has 3 heterocycles. The smallest absolute Gasteiger partial charge is 0.269 e. The standard InChI is InChI=1S/C20H18N6O3S/c1-21-19(27)16-12-14(9-10-22-16)23-20-24-18-8-4-7-17(26(18)25-20)13-5-3-6-15(11-13)30(2,28)29/h3-12H,1-2H3,(H,21,27)(H,22,23,25). The zero-order valence-corrected chi connectivity index (χ0v) is 17.0. The molecule has 4 aromatic rings. The third kappa shape index (κ3) is 3.85. The van der Waals surface area contributed by atoms with Gasteiger partial charge in [-0.05, 0) is 36.4 Å². The molecule has 0 unspecified atom stereocenters. The van der Waals surface area contributed by atoms with Crippen LogP contribution in [0, 0.1) is 0 Å². The molecule has 1 aromatic carbocycles. The molecule has 0 fully saturated rings. The van der Waals surface area contributed by atoms with Crippen LogP contribution >= 0.6 is 0 Å². The van der Waals surface area contributed by atoms with Gasteiger partial charge in [0.2, 0.25) is 5.95 Å². The average molecular weight is 422 g/mol. The lowest BCUT2D eigenvalue weighted by Gasteiger charge is -2.06. The number of rotatable bonds is 5. The Morgan fingerprint density at radius 3 is 2.63 bits per heavy atom. The lowest BCUT2D eigenvalue weighted by atomic mass is 10.1. The Balaban J connectivity index is 1.72. The van der Waals surface area contributed by atoms with Gasteiger partial charge in [-0.2, -0.15) is 4.98 Å². The van der Waals surface area contributed by atoms with Gasteiger partial charge in [0.1, 0.15) is 5.69 Å². The van der Waals surface area contributed by atoms with Crippen molar-refractivity contribution in [3.8, 4) is 11.3 Å². The SMILES string of the molecule is CNC(=O)c1cc(Nc2nc3cccc(-c4cccc(S(C)(=O)=O)c4)n3n2)ccn1. The predicted octanol–water partition coefficient (Wildman–Crippen LogP) is 2.30. The van der Waals surface area contributed by atoms with E-state index >= 15 is 0 Å². The van der Waals surface area contributed by atoms with Gasteiger partial charge in [-0.25, -0.2) is 12.9 Å². The largest absolute Gasteiger partial charge is 0.354 e. The third-order valence-electron chi connectivity index (χ3n) is 4.39. The summed E-state index contributed by atoms with van der Waals surface area (Å²) in [5, 5.41) is 10.1. The number of fused-ring (bicyclic) bond motifs is 1. The summed E-state index contributed by atoms with van der Waals surface area (Å²) in [6.45, 7) is 0. The van der Waals surface area contributed by atoms with E-state index in [1.807, 2.05) is 18.2 Å². The number of nitrogens with zero attached hydrogens (tertiary/aromatic N) is 4. The van der Waals surface area contributed by atoms with Crippen LogP contribution in [-0.4, -0.2) is 47.2 Å². The highest BCUT2D eigenvalue weighted by Crippen LogP contribution is 2.24. The Labute approximate surface area is 172 Å². The first-order valence-electron chi connectivity index (χ1n) is 8.96. The predicted molar refractivity (Wildman–Crippen MR) is 112 cm³/mol. The fourth-order valence-electron chi connectivity index (χ4n) is 2.95. The minimum atomic E-state index is -3.33. The first kappa shape index (κ1) is 19.5. The van der Waals surface area contributed by atoms with E-state index in [9.17, 15) is 13.2 Å². The van der Waals surface area contributed by atoms with Crippen LogP contribution in [0.25, 0.3) is 16.9 Å². The first-order valence-corrected chi connectivity index (χ1v) is 10.9. The van der Waals surface area contributed by atoms with Crippen molar-refractivity contribution in [1.82, 2.24) is 24.9 Å². The van der Waals surface area contributed by atoms with Crippen LogP contribution in [0.2, 0.25) is 0 Å². The van der Waals surface area contributed by atoms with Gasteiger partial charge in [-0.15, -0.1) is 5.10 Å². The quantitative estimate of drug-likeness (QED) is 0.506. The van der Waals surface area contributed by atoms with Crippen LogP contribution in [0.15, 0.2) is 65.7 Å². The average Bonchev–Trinajstić information content (AvgIpc) is 3.15. The van der Waals surface area contributed by atoms with Crippen molar-refractivity contribution in [2.24, 2.45) is 0 Å². The molecule has 9 nitrogen and oxygen atoms in total. The van der Waals surface area contributed by atoms with Crippen LogP contribution in [0.3, 0.4) is 0 Å². The van der Waals surface area contributed by atoms with Crippen molar-refractivity contribution in [3.05, 3.63) is 66.5 Å². The molecule has 0 aliphatic rings. The van der Waals surface area contributed by atoms with Gasteiger partial charge in [0.25, 0.3) is 5.91 Å². The number of pyridine rings is 2. The van der Waals surface area contributed by atoms with Crippen LogP contribution in [0.4, 0.5) is 11.6 Å². The van der Waals surface area contributed by atoms with E-state index in [4.69, 9.17) is 0 Å². The van der Waals surface area contributed by atoms with Gasteiger partial charge in [0.15, 0.2) is 15.5 Å². The maximum absolute atomic E-state index is 11.9. The van der Waals surface area contributed by atoms with Crippen LogP contribution in [0.5, 0.6) is 0 Å². The minimum Gasteiger partial charge on any atom is -0.354 e. The summed E-state index contributed by atoms with van der Waals surface area (Å²) in [6, 6.07) is 15.4. The second-order valence-electron chi connectivity index (χ2n) is 6.55. The fourth-order valence-corrected chi connectivity index (χ4v) is 3.62. The zero-order valence-electron chi connectivity index (χ0n) is 16.2. The molecule has 0 saturated heterocycles. The molecule has 4 rings (SSSR count). The number of hydrogen-bond acceptors (Lipinski definition) is 7. The number of nitrogens with one attached hydrogen (secondary N) is 2. The van der Waals surface area contributed by atoms with Crippen molar-refractivity contribution in [2.45, 2.75) is 4.90 Å². The Bertz CT molecular complexity index is 1360. The number of anilines is 2. The normalized spacial score (nSPS) is 11.4. The summed E-state index contributed by atoms with van der Waals surface area (Å²) in [5.74, 6) is 0.0328. The summed E-state index contributed by atoms with van der Waals surface area (Å²) in [5.41, 5.74) is 2.86. The molecule has 0 saturated carbocycles. The number of carbonyl (C=O) groups is 1. The van der Waals surface area contributed by atoms with E-state index < -0.39 is 9.84 Å². The number of carbonyl (C=O) groups excluding carboxylic acids is 1. The van der Waals surface area contributed by atoms with Crippen molar-refractivity contribution in [1.29, 1.82) is 0 Å². The molecule has 10 heteroatoms. The van der Waals surface area contributed by atoms with Crippen LogP contribution in [-0.2, 0) is 9.84 Å². The lowest BCUT2D eigenvalue weighted by Crippen LogP contribution is -2.19. The molecular formula is C20H18N6O3S. The van der Waals surface area contributed by atoms with Crippen molar-refractivity contribution < 1.29 is 13.2 Å². The highest BCUT2D eigenvalue weighted by molar-refractivity contribution is 7.90. The number of benzene rings is 1. The fraction of sp³-hybridized carbons (Fsp3) is 0.100. The molecule has 0 atom stereocenters. The number of hydrogen-bond donors (Lipinski definition) is 2. The molecule has 2 N–H and O–H groups in total. The summed E-state index contributed by atoms with van der Waals surface area (Å²) >= 11 is 0. The Morgan fingerprint density at radius 2 is 1.87 bits per heavy atom. The number of amides is 1. The number of aromatic nitrogens is 4. The van der Waals surface area contributed by atoms with Crippen molar-refractivity contribution in [2.75, 3.05) is 18.6 Å². The molecule has 0 aliphatic carbocycles. The maximum Gasteiger partial charge on any atom is 0.269 e.